The van der Waals surface area contributed by atoms with Crippen LogP contribution in [0.1, 0.15) is 18.7 Å². The predicted molar refractivity (Wildman–Crippen MR) is 63.4 cm³/mol. The van der Waals surface area contributed by atoms with E-state index in [0.717, 1.165) is 0 Å². The van der Waals surface area contributed by atoms with Crippen molar-refractivity contribution in [2.45, 2.75) is 13.0 Å². The van der Waals surface area contributed by atoms with Crippen LogP contribution < -0.4 is 14.8 Å². The second-order valence-electron chi connectivity index (χ2n) is 3.31. The summed E-state index contributed by atoms with van der Waals surface area (Å²) in [5.41, 5.74) is 0.712. The summed E-state index contributed by atoms with van der Waals surface area (Å²) < 4.78 is 15.6. The van der Waals surface area contributed by atoms with Gasteiger partial charge >= 0.3 is 0 Å². The number of rotatable bonds is 7. The molecular weight excluding hydrogens is 222 g/mol. The molecule has 1 rings (SSSR count). The van der Waals surface area contributed by atoms with Crippen LogP contribution in [0.2, 0.25) is 0 Å². The van der Waals surface area contributed by atoms with E-state index >= 15 is 0 Å². The largest absolute Gasteiger partial charge is 0.480 e. The van der Waals surface area contributed by atoms with E-state index < -0.39 is 0 Å². The molecule has 0 saturated carbocycles. The summed E-state index contributed by atoms with van der Waals surface area (Å²) in [4.78, 5) is 8.47. The second kappa shape index (κ2) is 7.03. The quantitative estimate of drug-likeness (QED) is 0.761. The fourth-order valence-electron chi connectivity index (χ4n) is 1.39. The number of nitrogens with one attached hydrogen (secondary N) is 1. The molecule has 0 bridgehead atoms. The molecular formula is C11H19N3O3. The minimum Gasteiger partial charge on any atom is -0.480 e. The summed E-state index contributed by atoms with van der Waals surface area (Å²) in [6, 6.07) is -0.0525. The van der Waals surface area contributed by atoms with E-state index in [-0.39, 0.29) is 6.04 Å². The first-order chi connectivity index (χ1) is 8.26. The van der Waals surface area contributed by atoms with Crippen LogP contribution in [0.4, 0.5) is 0 Å². The highest BCUT2D eigenvalue weighted by molar-refractivity contribution is 5.25. The van der Waals surface area contributed by atoms with E-state index in [1.165, 1.54) is 0 Å². The lowest BCUT2D eigenvalue weighted by Crippen LogP contribution is -2.24. The Morgan fingerprint density at radius 2 is 2.12 bits per heavy atom. The van der Waals surface area contributed by atoms with Gasteiger partial charge in [0.2, 0.25) is 11.8 Å². The molecule has 1 aromatic heterocycles. The summed E-state index contributed by atoms with van der Waals surface area (Å²) in [6.45, 7) is 3.12. The Bertz CT molecular complexity index is 347. The number of nitrogens with zero attached hydrogens (tertiary/aromatic N) is 2. The molecule has 1 atom stereocenters. The average Bonchev–Trinajstić information content (AvgIpc) is 2.39. The Morgan fingerprint density at radius 1 is 1.35 bits per heavy atom. The van der Waals surface area contributed by atoms with Crippen molar-refractivity contribution in [2.75, 3.05) is 34.5 Å². The van der Waals surface area contributed by atoms with Crippen molar-refractivity contribution in [1.82, 2.24) is 15.3 Å². The molecule has 0 amide bonds. The molecule has 0 aliphatic carbocycles. The first-order valence-electron chi connectivity index (χ1n) is 5.46. The number of ether oxygens (including phenoxy) is 3. The molecule has 1 unspecified atom stereocenters. The van der Waals surface area contributed by atoms with Gasteiger partial charge in [0, 0.05) is 6.61 Å². The first kappa shape index (κ1) is 13.7. The van der Waals surface area contributed by atoms with Gasteiger partial charge < -0.3 is 19.5 Å². The Labute approximate surface area is 101 Å². The molecule has 6 nitrogen and oxygen atoms in total. The second-order valence-corrected chi connectivity index (χ2v) is 3.31. The lowest BCUT2D eigenvalue weighted by Gasteiger charge is -2.17. The zero-order chi connectivity index (χ0) is 12.7. The molecule has 96 valence electrons. The molecule has 0 aliphatic heterocycles. The Kier molecular flexibility index (Phi) is 5.65. The Balaban J connectivity index is 2.93. The molecule has 0 radical (unpaired) electrons. The highest BCUT2D eigenvalue weighted by atomic mass is 16.5. The molecule has 0 aliphatic rings. The fourth-order valence-corrected chi connectivity index (χ4v) is 1.39. The minimum absolute atomic E-state index is 0.0525. The highest BCUT2D eigenvalue weighted by Crippen LogP contribution is 2.23. The van der Waals surface area contributed by atoms with Gasteiger partial charge in [-0.2, -0.15) is 4.98 Å². The van der Waals surface area contributed by atoms with Gasteiger partial charge in [-0.15, -0.1) is 0 Å². The smallest absolute Gasteiger partial charge is 0.240 e. The van der Waals surface area contributed by atoms with Crippen molar-refractivity contribution in [3.63, 3.8) is 0 Å². The number of hydrogen-bond acceptors (Lipinski definition) is 6. The van der Waals surface area contributed by atoms with Gasteiger partial charge in [0.1, 0.15) is 5.69 Å². The third-order valence-corrected chi connectivity index (χ3v) is 2.31. The van der Waals surface area contributed by atoms with Crippen molar-refractivity contribution in [1.29, 1.82) is 0 Å². The van der Waals surface area contributed by atoms with E-state index in [1.807, 2.05) is 14.0 Å². The molecule has 17 heavy (non-hydrogen) atoms. The predicted octanol–water partition coefficient (Wildman–Crippen LogP) is 0.791. The van der Waals surface area contributed by atoms with E-state index in [9.17, 15) is 0 Å². The molecule has 1 heterocycles. The van der Waals surface area contributed by atoms with Crippen LogP contribution in [0.3, 0.4) is 0 Å². The van der Waals surface area contributed by atoms with Gasteiger partial charge in [0.05, 0.1) is 33.1 Å². The van der Waals surface area contributed by atoms with Crippen LogP contribution in [-0.4, -0.2) is 44.4 Å². The maximum atomic E-state index is 5.38. The normalized spacial score (nSPS) is 12.2. The number of aromatic nitrogens is 2. The average molecular weight is 241 g/mol. The lowest BCUT2D eigenvalue weighted by atomic mass is 10.2. The summed E-state index contributed by atoms with van der Waals surface area (Å²) >= 11 is 0. The van der Waals surface area contributed by atoms with Crippen LogP contribution in [-0.2, 0) is 4.74 Å². The van der Waals surface area contributed by atoms with Crippen molar-refractivity contribution in [3.8, 4) is 11.8 Å². The zero-order valence-electron chi connectivity index (χ0n) is 10.7. The van der Waals surface area contributed by atoms with Crippen LogP contribution in [0.15, 0.2) is 6.20 Å². The lowest BCUT2D eigenvalue weighted by molar-refractivity contribution is 0.123. The van der Waals surface area contributed by atoms with Gasteiger partial charge in [0.25, 0.3) is 0 Å². The Hall–Kier alpha value is -1.40. The Morgan fingerprint density at radius 3 is 2.65 bits per heavy atom. The standard InChI is InChI=1S/C11H19N3O3/c1-5-17-7-8(12-2)10-11(16-4)14-9(15-3)6-13-10/h6,8,12H,5,7H2,1-4H3. The van der Waals surface area contributed by atoms with Crippen LogP contribution in [0.5, 0.6) is 11.8 Å². The fraction of sp³-hybridized carbons (Fsp3) is 0.636. The molecule has 1 N–H and O–H groups in total. The summed E-state index contributed by atoms with van der Waals surface area (Å²) in [6.07, 6.45) is 1.56. The van der Waals surface area contributed by atoms with Crippen LogP contribution >= 0.6 is 0 Å². The minimum atomic E-state index is -0.0525. The van der Waals surface area contributed by atoms with Gasteiger partial charge in [0.15, 0.2) is 0 Å². The van der Waals surface area contributed by atoms with Crippen molar-refractivity contribution in [2.24, 2.45) is 0 Å². The van der Waals surface area contributed by atoms with Crippen LogP contribution in [0.25, 0.3) is 0 Å². The molecule has 6 heteroatoms. The van der Waals surface area contributed by atoms with E-state index in [2.05, 4.69) is 15.3 Å². The van der Waals surface area contributed by atoms with Gasteiger partial charge in [-0.05, 0) is 14.0 Å². The molecule has 1 aromatic rings. The zero-order valence-corrected chi connectivity index (χ0v) is 10.7. The summed E-state index contributed by atoms with van der Waals surface area (Å²) in [7, 11) is 4.94. The number of hydrogen-bond donors (Lipinski definition) is 1. The van der Waals surface area contributed by atoms with Gasteiger partial charge in [-0.25, -0.2) is 4.98 Å². The SMILES string of the molecule is CCOCC(NC)c1ncc(OC)nc1OC. The third-order valence-electron chi connectivity index (χ3n) is 2.31. The third kappa shape index (κ3) is 3.54. The summed E-state index contributed by atoms with van der Waals surface area (Å²) in [5, 5.41) is 3.12. The van der Waals surface area contributed by atoms with Crippen LogP contribution in [0, 0.1) is 0 Å². The maximum absolute atomic E-state index is 5.38. The van der Waals surface area contributed by atoms with Gasteiger partial charge in [-0.1, -0.05) is 0 Å². The van der Waals surface area contributed by atoms with E-state index in [0.29, 0.717) is 30.7 Å². The van der Waals surface area contributed by atoms with Gasteiger partial charge in [-0.3, -0.25) is 0 Å². The maximum Gasteiger partial charge on any atom is 0.240 e. The highest BCUT2D eigenvalue weighted by Gasteiger charge is 2.18. The van der Waals surface area contributed by atoms with E-state index in [1.54, 1.807) is 20.4 Å². The topological polar surface area (TPSA) is 65.5 Å². The molecule has 0 saturated heterocycles. The first-order valence-corrected chi connectivity index (χ1v) is 5.46. The summed E-state index contributed by atoms with van der Waals surface area (Å²) in [5.74, 6) is 0.875. The van der Waals surface area contributed by atoms with Crippen molar-refractivity contribution < 1.29 is 14.2 Å². The van der Waals surface area contributed by atoms with E-state index in [4.69, 9.17) is 14.2 Å². The van der Waals surface area contributed by atoms with Crippen molar-refractivity contribution >= 4 is 0 Å². The molecule has 0 fully saturated rings. The number of likely N-dealkylation sites (N-methyl/N-ethyl adjacent to an activating group) is 1. The monoisotopic (exact) mass is 241 g/mol. The van der Waals surface area contributed by atoms with Crippen molar-refractivity contribution in [3.05, 3.63) is 11.9 Å². The molecule has 0 aromatic carbocycles. The number of methoxy groups -OCH3 is 2. The molecule has 0 spiro atoms.